The van der Waals surface area contributed by atoms with E-state index in [2.05, 4.69) is 10.6 Å². The van der Waals surface area contributed by atoms with Gasteiger partial charge in [0.15, 0.2) is 0 Å². The number of piperazine rings is 1. The Morgan fingerprint density at radius 3 is 1.20 bits per heavy atom. The first-order valence-corrected chi connectivity index (χ1v) is 4.02. The van der Waals surface area contributed by atoms with Crippen LogP contribution in [-0.2, 0) is 0 Å². The zero-order valence-corrected chi connectivity index (χ0v) is 8.03. The van der Waals surface area contributed by atoms with Crippen molar-refractivity contribution in [3.63, 3.8) is 0 Å². The van der Waals surface area contributed by atoms with E-state index in [1.165, 1.54) is 0 Å². The maximum absolute atomic E-state index is 4.76. The average molecular weight is 208 g/mol. The second kappa shape index (κ2) is 12.5. The van der Waals surface area contributed by atoms with Crippen LogP contribution in [0.2, 0.25) is 0 Å². The summed E-state index contributed by atoms with van der Waals surface area (Å²) in [5.74, 6) is 0. The van der Waals surface area contributed by atoms with Crippen molar-refractivity contribution in [2.75, 3.05) is 31.5 Å². The Kier molecular flexibility index (Phi) is 16.7. The van der Waals surface area contributed by atoms with Crippen LogP contribution in [0, 0.1) is 0 Å². The molecule has 1 heterocycles. The van der Waals surface area contributed by atoms with Crippen molar-refractivity contribution in [1.82, 2.24) is 10.6 Å². The van der Waals surface area contributed by atoms with Crippen LogP contribution in [0.25, 0.3) is 0 Å². The Hall–Kier alpha value is 0.790. The molecule has 1 saturated heterocycles. The van der Waals surface area contributed by atoms with E-state index in [9.17, 15) is 0 Å². The van der Waals surface area contributed by atoms with E-state index in [1.54, 1.807) is 0 Å². The molecule has 0 saturated carbocycles. The number of hydrogen-bond donors (Lipinski definition) is 2. The second-order valence-electron chi connectivity index (χ2n) is 1.60. The van der Waals surface area contributed by atoms with Gasteiger partial charge in [0.05, 0.1) is 5.34 Å². The molecule has 0 atom stereocenters. The first-order valence-electron chi connectivity index (χ1n) is 2.95. The largest absolute Gasteiger partial charge is 0.314 e. The van der Waals surface area contributed by atoms with Gasteiger partial charge in [-0.25, -0.2) is 0 Å². The Balaban J connectivity index is 0. The van der Waals surface area contributed by atoms with Gasteiger partial charge in [0, 0.05) is 26.2 Å². The third-order valence-corrected chi connectivity index (χ3v) is 0.957. The molecular weight excluding hydrogens is 194 g/mol. The summed E-state index contributed by atoms with van der Waals surface area (Å²) in [5.41, 5.74) is 0. The summed E-state index contributed by atoms with van der Waals surface area (Å²) in [4.78, 5) is 0. The van der Waals surface area contributed by atoms with Crippen molar-refractivity contribution >= 4 is 35.6 Å². The zero-order valence-electron chi connectivity index (χ0n) is 5.70. The van der Waals surface area contributed by atoms with Gasteiger partial charge in [-0.3, -0.25) is 0 Å². The smallest absolute Gasteiger partial charge is 0.0967 e. The monoisotopic (exact) mass is 206 g/mol. The summed E-state index contributed by atoms with van der Waals surface area (Å²) in [7, 11) is 0. The SMILES string of the molecule is C1CNCCN1.Cl.ClCCl. The summed E-state index contributed by atoms with van der Waals surface area (Å²) < 4.78 is 0. The van der Waals surface area contributed by atoms with Crippen molar-refractivity contribution in [3.8, 4) is 0 Å². The minimum Gasteiger partial charge on any atom is -0.314 e. The molecule has 1 rings (SSSR count). The van der Waals surface area contributed by atoms with E-state index < -0.39 is 0 Å². The maximum Gasteiger partial charge on any atom is 0.0967 e. The predicted octanol–water partition coefficient (Wildman–Crippen LogP) is 1.02. The van der Waals surface area contributed by atoms with Crippen LogP contribution >= 0.6 is 35.6 Å². The van der Waals surface area contributed by atoms with Gasteiger partial charge in [0.2, 0.25) is 0 Å². The highest BCUT2D eigenvalue weighted by atomic mass is 35.5. The number of nitrogens with one attached hydrogen (secondary N) is 2. The predicted molar refractivity (Wildman–Crippen MR) is 49.6 cm³/mol. The maximum atomic E-state index is 4.76. The Labute approximate surface area is 78.1 Å². The van der Waals surface area contributed by atoms with Gasteiger partial charge in [-0.15, -0.1) is 35.6 Å². The van der Waals surface area contributed by atoms with E-state index in [-0.39, 0.29) is 17.7 Å². The minimum absolute atomic E-state index is 0. The number of rotatable bonds is 0. The van der Waals surface area contributed by atoms with Crippen LogP contribution in [0.3, 0.4) is 0 Å². The third-order valence-electron chi connectivity index (χ3n) is 0.957. The standard InChI is InChI=1S/C4H10N2.CH2Cl2.ClH/c1-2-6-4-3-5-1;2-1-3;/h5-6H,1-4H2;1H2;1H. The van der Waals surface area contributed by atoms with Gasteiger partial charge < -0.3 is 10.6 Å². The summed E-state index contributed by atoms with van der Waals surface area (Å²) in [5, 5.41) is 6.64. The summed E-state index contributed by atoms with van der Waals surface area (Å²) in [6.07, 6.45) is 0. The van der Waals surface area contributed by atoms with Crippen molar-refractivity contribution in [3.05, 3.63) is 0 Å². The van der Waals surface area contributed by atoms with E-state index in [0.717, 1.165) is 26.2 Å². The highest BCUT2D eigenvalue weighted by Gasteiger charge is 1.91. The lowest BCUT2D eigenvalue weighted by Crippen LogP contribution is -2.39. The molecule has 64 valence electrons. The molecule has 2 nitrogen and oxygen atoms in total. The normalized spacial score (nSPS) is 16.2. The van der Waals surface area contributed by atoms with Crippen LogP contribution in [0.15, 0.2) is 0 Å². The number of hydrogen-bond acceptors (Lipinski definition) is 2. The van der Waals surface area contributed by atoms with Gasteiger partial charge in [0.1, 0.15) is 0 Å². The van der Waals surface area contributed by atoms with Gasteiger partial charge in [0.25, 0.3) is 0 Å². The van der Waals surface area contributed by atoms with E-state index in [1.807, 2.05) is 0 Å². The fourth-order valence-electron chi connectivity index (χ4n) is 0.604. The Morgan fingerprint density at radius 1 is 0.900 bits per heavy atom. The van der Waals surface area contributed by atoms with Gasteiger partial charge in [-0.1, -0.05) is 0 Å². The van der Waals surface area contributed by atoms with E-state index >= 15 is 0 Å². The molecule has 0 spiro atoms. The summed E-state index contributed by atoms with van der Waals surface area (Å²) >= 11 is 9.53. The molecule has 0 amide bonds. The Morgan fingerprint density at radius 2 is 1.10 bits per heavy atom. The molecule has 0 aromatic carbocycles. The van der Waals surface area contributed by atoms with Crippen molar-refractivity contribution < 1.29 is 0 Å². The molecule has 10 heavy (non-hydrogen) atoms. The quantitative estimate of drug-likeness (QED) is 0.580. The fraction of sp³-hybridized carbons (Fsp3) is 1.00. The number of halogens is 3. The zero-order chi connectivity index (χ0) is 6.95. The van der Waals surface area contributed by atoms with Crippen LogP contribution in [-0.4, -0.2) is 31.5 Å². The van der Waals surface area contributed by atoms with Crippen LogP contribution < -0.4 is 10.6 Å². The summed E-state index contributed by atoms with van der Waals surface area (Å²) in [6, 6.07) is 0. The molecule has 0 aromatic rings. The molecular formula is C5H13Cl3N2. The average Bonchev–Trinajstić information content (AvgIpc) is 1.93. The van der Waals surface area contributed by atoms with Crippen LogP contribution in [0.5, 0.6) is 0 Å². The molecule has 0 bridgehead atoms. The van der Waals surface area contributed by atoms with Crippen molar-refractivity contribution in [2.24, 2.45) is 0 Å². The number of alkyl halides is 2. The molecule has 5 heteroatoms. The molecule has 1 aliphatic rings. The second-order valence-corrected chi connectivity index (χ2v) is 2.41. The molecule has 1 fully saturated rings. The Bertz CT molecular complexity index is 38.6. The third kappa shape index (κ3) is 11.6. The summed E-state index contributed by atoms with van der Waals surface area (Å²) in [6.45, 7) is 4.56. The highest BCUT2D eigenvalue weighted by Crippen LogP contribution is 1.73. The van der Waals surface area contributed by atoms with Gasteiger partial charge in [-0.05, 0) is 0 Å². The lowest BCUT2D eigenvalue weighted by Gasteiger charge is -2.11. The van der Waals surface area contributed by atoms with Gasteiger partial charge in [-0.2, -0.15) is 0 Å². The van der Waals surface area contributed by atoms with Crippen LogP contribution in [0.1, 0.15) is 0 Å². The van der Waals surface area contributed by atoms with Crippen molar-refractivity contribution in [2.45, 2.75) is 0 Å². The minimum atomic E-state index is 0. The highest BCUT2D eigenvalue weighted by molar-refractivity contribution is 6.40. The van der Waals surface area contributed by atoms with Crippen LogP contribution in [0.4, 0.5) is 0 Å². The lowest BCUT2D eigenvalue weighted by molar-refractivity contribution is 0.534. The fourth-order valence-corrected chi connectivity index (χ4v) is 0.604. The molecule has 0 aliphatic carbocycles. The van der Waals surface area contributed by atoms with E-state index in [0.29, 0.717) is 0 Å². The topological polar surface area (TPSA) is 24.1 Å². The van der Waals surface area contributed by atoms with E-state index in [4.69, 9.17) is 23.2 Å². The molecule has 0 radical (unpaired) electrons. The first-order chi connectivity index (χ1) is 4.41. The first kappa shape index (κ1) is 13.4. The molecule has 2 N–H and O–H groups in total. The van der Waals surface area contributed by atoms with Gasteiger partial charge >= 0.3 is 0 Å². The molecule has 0 aromatic heterocycles. The molecule has 0 unspecified atom stereocenters. The molecule has 1 aliphatic heterocycles. The lowest BCUT2D eigenvalue weighted by atomic mass is 10.4. The van der Waals surface area contributed by atoms with Crippen molar-refractivity contribution in [1.29, 1.82) is 0 Å².